The molecule has 0 radical (unpaired) electrons. The summed E-state index contributed by atoms with van der Waals surface area (Å²) in [5, 5.41) is 44.5. The van der Waals surface area contributed by atoms with Crippen LogP contribution in [0.4, 0.5) is 0 Å². The molecule has 4 N–H and O–H groups in total. The van der Waals surface area contributed by atoms with Crippen LogP contribution in [0.1, 0.15) is 106 Å². The molecule has 0 saturated heterocycles. The molecule has 4 aliphatic carbocycles. The largest absolute Gasteiger partial charge is 0.393 e. The van der Waals surface area contributed by atoms with E-state index >= 15 is 0 Å². The first-order chi connectivity index (χ1) is 15.5. The first kappa shape index (κ1) is 26.6. The summed E-state index contributed by atoms with van der Waals surface area (Å²) in [6, 6.07) is 0. The Hall–Kier alpha value is -0.420. The Morgan fingerprint density at radius 3 is 2.21 bits per heavy atom. The van der Waals surface area contributed by atoms with E-state index < -0.39 is 17.8 Å². The maximum Gasteiger partial charge on any atom is 0.0745 e. The summed E-state index contributed by atoms with van der Waals surface area (Å²) in [5.74, 6) is 1.01. The van der Waals surface area contributed by atoms with Crippen molar-refractivity contribution in [2.45, 2.75) is 130 Å². The van der Waals surface area contributed by atoms with Gasteiger partial charge in [-0.2, -0.15) is 0 Å². The Morgan fingerprint density at radius 1 is 0.971 bits per heavy atom. The van der Waals surface area contributed by atoms with E-state index in [1.807, 2.05) is 13.8 Å². The quantitative estimate of drug-likeness (QED) is 0.397. The minimum absolute atomic E-state index is 0.0227. The smallest absolute Gasteiger partial charge is 0.0745 e. The average Bonchev–Trinajstić information content (AvgIpc) is 3.12. The van der Waals surface area contributed by atoms with Crippen LogP contribution in [0.15, 0.2) is 12.2 Å². The van der Waals surface area contributed by atoms with Crippen LogP contribution in [0, 0.1) is 45.3 Å². The molecule has 0 unspecified atom stereocenters. The van der Waals surface area contributed by atoms with Gasteiger partial charge in [0, 0.05) is 0 Å². The average molecular weight is 477 g/mol. The lowest BCUT2D eigenvalue weighted by atomic mass is 9.35. The number of rotatable bonds is 5. The molecule has 4 aliphatic rings. The van der Waals surface area contributed by atoms with Gasteiger partial charge in [0.2, 0.25) is 0 Å². The van der Waals surface area contributed by atoms with Crippen molar-refractivity contribution in [1.82, 2.24) is 0 Å². The molecule has 11 atom stereocenters. The van der Waals surface area contributed by atoms with Crippen molar-refractivity contribution in [1.29, 1.82) is 0 Å². The summed E-state index contributed by atoms with van der Waals surface area (Å²) in [5.41, 5.74) is -0.0556. The number of hydrogen-bond acceptors (Lipinski definition) is 4. The molecule has 0 aromatic heterocycles. The molecule has 0 amide bonds. The molecular weight excluding hydrogens is 424 g/mol. The Balaban J connectivity index is 1.64. The molecule has 4 nitrogen and oxygen atoms in total. The normalized spacial score (nSPS) is 50.4. The summed E-state index contributed by atoms with van der Waals surface area (Å²) in [6.07, 6.45) is 6.72. The summed E-state index contributed by atoms with van der Waals surface area (Å²) in [4.78, 5) is 0. The standard InChI is InChI=1S/C30H52O4/c1-18(2)20(31)10-16-30(8,34)19-9-14-29(7)25(19)21(32)17-23-27(5)13-12-24(33)26(3,4)22(27)11-15-28(23,29)6/h19-25,31-34H,1,9-17H2,2-8H3/t19-,20-,21-,22+,23-,24-,25-,27-,28-,29-,30+/m1/s1. The van der Waals surface area contributed by atoms with E-state index in [2.05, 4.69) is 41.2 Å². The van der Waals surface area contributed by atoms with Crippen LogP contribution in [-0.4, -0.2) is 44.3 Å². The number of aliphatic hydroxyl groups excluding tert-OH is 3. The molecule has 4 saturated carbocycles. The van der Waals surface area contributed by atoms with Crippen molar-refractivity contribution in [3.05, 3.63) is 12.2 Å². The number of fused-ring (bicyclic) bond motifs is 5. The zero-order valence-corrected chi connectivity index (χ0v) is 22.9. The zero-order chi connectivity index (χ0) is 25.5. The lowest BCUT2D eigenvalue weighted by Crippen LogP contribution is -2.66. The van der Waals surface area contributed by atoms with Gasteiger partial charge in [0.1, 0.15) is 0 Å². The predicted octanol–water partition coefficient (Wildman–Crippen LogP) is 5.47. The highest BCUT2D eigenvalue weighted by Gasteiger charge is 2.71. The molecule has 0 aromatic carbocycles. The van der Waals surface area contributed by atoms with Crippen molar-refractivity contribution in [2.24, 2.45) is 45.3 Å². The Labute approximate surface area is 208 Å². The van der Waals surface area contributed by atoms with Gasteiger partial charge in [0.05, 0.1) is 23.9 Å². The SMILES string of the molecule is C=C(C)[C@H](O)CC[C@](C)(O)[C@@H]1CC[C@]2(C)[C@H]1[C@H](O)C[C@@H]1[C@]3(C)CC[C@@H](O)C(C)(C)[C@@H]3CC[C@]12C. The highest BCUT2D eigenvalue weighted by Crippen LogP contribution is 2.75. The zero-order valence-electron chi connectivity index (χ0n) is 22.9. The van der Waals surface area contributed by atoms with Crippen molar-refractivity contribution < 1.29 is 20.4 Å². The fourth-order valence-corrected chi connectivity index (χ4v) is 10.3. The monoisotopic (exact) mass is 476 g/mol. The molecule has 34 heavy (non-hydrogen) atoms. The second-order valence-electron chi connectivity index (χ2n) is 14.6. The molecule has 0 heterocycles. The lowest BCUT2D eigenvalue weighted by molar-refractivity contribution is -0.246. The van der Waals surface area contributed by atoms with Gasteiger partial charge in [-0.05, 0) is 117 Å². The third-order valence-corrected chi connectivity index (χ3v) is 12.7. The maximum absolute atomic E-state index is 11.8. The van der Waals surface area contributed by atoms with E-state index in [0.29, 0.717) is 24.7 Å². The van der Waals surface area contributed by atoms with E-state index in [9.17, 15) is 20.4 Å². The van der Waals surface area contributed by atoms with Crippen molar-refractivity contribution in [2.75, 3.05) is 0 Å². The summed E-state index contributed by atoms with van der Waals surface area (Å²) >= 11 is 0. The topological polar surface area (TPSA) is 80.9 Å². The fourth-order valence-electron chi connectivity index (χ4n) is 10.3. The van der Waals surface area contributed by atoms with Gasteiger partial charge in [0.25, 0.3) is 0 Å². The van der Waals surface area contributed by atoms with Crippen molar-refractivity contribution in [3.8, 4) is 0 Å². The van der Waals surface area contributed by atoms with Crippen LogP contribution in [0.5, 0.6) is 0 Å². The number of aliphatic hydroxyl groups is 4. The van der Waals surface area contributed by atoms with Crippen molar-refractivity contribution in [3.63, 3.8) is 0 Å². The van der Waals surface area contributed by atoms with Gasteiger partial charge in [0.15, 0.2) is 0 Å². The third kappa shape index (κ3) is 3.60. The van der Waals surface area contributed by atoms with Gasteiger partial charge in [-0.1, -0.05) is 46.8 Å². The summed E-state index contributed by atoms with van der Waals surface area (Å²) in [7, 11) is 0. The molecule has 196 valence electrons. The van der Waals surface area contributed by atoms with Crippen LogP contribution >= 0.6 is 0 Å². The van der Waals surface area contributed by atoms with Gasteiger partial charge < -0.3 is 20.4 Å². The highest BCUT2D eigenvalue weighted by molar-refractivity contribution is 5.20. The van der Waals surface area contributed by atoms with Crippen LogP contribution < -0.4 is 0 Å². The third-order valence-electron chi connectivity index (χ3n) is 12.7. The second-order valence-corrected chi connectivity index (χ2v) is 14.6. The van der Waals surface area contributed by atoms with Crippen molar-refractivity contribution >= 4 is 0 Å². The van der Waals surface area contributed by atoms with Gasteiger partial charge >= 0.3 is 0 Å². The van der Waals surface area contributed by atoms with E-state index in [0.717, 1.165) is 50.5 Å². The molecular formula is C30H52O4. The maximum atomic E-state index is 11.8. The van der Waals surface area contributed by atoms with E-state index in [1.54, 1.807) is 0 Å². The molecule has 0 aliphatic heterocycles. The molecule has 4 fully saturated rings. The Kier molecular flexibility index (Phi) is 6.50. The minimum atomic E-state index is -0.916. The highest BCUT2D eigenvalue weighted by atomic mass is 16.3. The molecule has 0 aromatic rings. The Morgan fingerprint density at radius 2 is 1.59 bits per heavy atom. The lowest BCUT2D eigenvalue weighted by Gasteiger charge is -2.70. The molecule has 0 bridgehead atoms. The van der Waals surface area contributed by atoms with Crippen LogP contribution in [-0.2, 0) is 0 Å². The van der Waals surface area contributed by atoms with Crippen LogP contribution in [0.3, 0.4) is 0 Å². The van der Waals surface area contributed by atoms with Gasteiger partial charge in [-0.25, -0.2) is 0 Å². The fraction of sp³-hybridized carbons (Fsp3) is 0.933. The first-order valence-electron chi connectivity index (χ1n) is 13.9. The molecule has 0 spiro atoms. The van der Waals surface area contributed by atoms with Crippen LogP contribution in [0.2, 0.25) is 0 Å². The summed E-state index contributed by atoms with van der Waals surface area (Å²) < 4.78 is 0. The van der Waals surface area contributed by atoms with Gasteiger partial charge in [-0.15, -0.1) is 0 Å². The van der Waals surface area contributed by atoms with E-state index in [4.69, 9.17) is 0 Å². The first-order valence-corrected chi connectivity index (χ1v) is 13.9. The second kappa shape index (κ2) is 8.30. The Bertz CT molecular complexity index is 804. The van der Waals surface area contributed by atoms with Crippen LogP contribution in [0.25, 0.3) is 0 Å². The molecule has 4 rings (SSSR count). The summed E-state index contributed by atoms with van der Waals surface area (Å²) in [6.45, 7) is 19.5. The van der Waals surface area contributed by atoms with E-state index in [1.165, 1.54) is 0 Å². The minimum Gasteiger partial charge on any atom is -0.393 e. The molecule has 4 heteroatoms. The predicted molar refractivity (Wildman–Crippen MR) is 137 cm³/mol. The van der Waals surface area contributed by atoms with E-state index in [-0.39, 0.29) is 39.6 Å². The van der Waals surface area contributed by atoms with Gasteiger partial charge in [-0.3, -0.25) is 0 Å². The number of hydrogen-bond donors (Lipinski definition) is 4.